The molecule has 3 aromatic rings. The summed E-state index contributed by atoms with van der Waals surface area (Å²) in [4.78, 5) is 53.3. The maximum absolute atomic E-state index is 13.6. The van der Waals surface area contributed by atoms with E-state index in [4.69, 9.17) is 0 Å². The summed E-state index contributed by atoms with van der Waals surface area (Å²) in [5.74, 6) is -1.47. The Morgan fingerprint density at radius 3 is 2.26 bits per heavy atom. The van der Waals surface area contributed by atoms with Crippen LogP contribution < -0.4 is 0 Å². The molecule has 1 amide bonds. The fraction of sp³-hybridized carbons (Fsp3) is 0.419. The van der Waals surface area contributed by atoms with Crippen molar-refractivity contribution in [2.75, 3.05) is 13.1 Å². The number of piperidine rings is 1. The number of carbonyl (C=O) groups excluding carboxylic acids is 4. The van der Waals surface area contributed by atoms with Gasteiger partial charge >= 0.3 is 0 Å². The van der Waals surface area contributed by atoms with Gasteiger partial charge in [-0.3, -0.25) is 19.2 Å². The Kier molecular flexibility index (Phi) is 8.24. The van der Waals surface area contributed by atoms with E-state index >= 15 is 0 Å². The summed E-state index contributed by atoms with van der Waals surface area (Å²) in [6, 6.07) is 10.1. The van der Waals surface area contributed by atoms with Crippen molar-refractivity contribution in [1.82, 2.24) is 9.47 Å². The Labute approximate surface area is 222 Å². The lowest BCUT2D eigenvalue weighted by molar-refractivity contribution is -0.119. The van der Waals surface area contributed by atoms with Gasteiger partial charge < -0.3 is 9.47 Å². The van der Waals surface area contributed by atoms with Crippen LogP contribution in [0.25, 0.3) is 10.9 Å². The van der Waals surface area contributed by atoms with Gasteiger partial charge in [0, 0.05) is 48.1 Å². The molecule has 0 spiro atoms. The van der Waals surface area contributed by atoms with Gasteiger partial charge in [-0.2, -0.15) is 0 Å². The maximum Gasteiger partial charge on any atom is 0.254 e. The number of hydrogen-bond donors (Lipinski definition) is 0. The van der Waals surface area contributed by atoms with Crippen LogP contribution in [0.4, 0.5) is 4.39 Å². The van der Waals surface area contributed by atoms with Crippen LogP contribution in [-0.4, -0.2) is 45.8 Å². The highest BCUT2D eigenvalue weighted by molar-refractivity contribution is 6.46. The first-order chi connectivity index (χ1) is 18.1. The number of Topliss-reactive ketones (excluding diaryl/α,β-unsaturated/α-hetero) is 3. The molecule has 0 bridgehead atoms. The summed E-state index contributed by atoms with van der Waals surface area (Å²) in [5, 5.41) is 0.521. The van der Waals surface area contributed by atoms with Crippen LogP contribution in [0.5, 0.6) is 0 Å². The highest BCUT2D eigenvalue weighted by Gasteiger charge is 2.28. The highest BCUT2D eigenvalue weighted by atomic mass is 19.1. The molecule has 0 aliphatic carbocycles. The van der Waals surface area contributed by atoms with E-state index in [1.807, 2.05) is 30.0 Å². The molecular formula is C31H35FN2O4. The van der Waals surface area contributed by atoms with Gasteiger partial charge in [0.15, 0.2) is 5.78 Å². The van der Waals surface area contributed by atoms with E-state index in [0.717, 1.165) is 30.4 Å². The molecule has 1 saturated heterocycles. The number of rotatable bonds is 9. The van der Waals surface area contributed by atoms with Crippen LogP contribution in [0.1, 0.15) is 71.9 Å². The Bertz CT molecular complexity index is 1380. The highest BCUT2D eigenvalue weighted by Crippen LogP contribution is 2.29. The van der Waals surface area contributed by atoms with E-state index in [1.165, 1.54) is 12.1 Å². The van der Waals surface area contributed by atoms with Crippen molar-refractivity contribution in [3.63, 3.8) is 0 Å². The third kappa shape index (κ3) is 5.77. The van der Waals surface area contributed by atoms with E-state index in [0.29, 0.717) is 41.9 Å². The van der Waals surface area contributed by atoms with Gasteiger partial charge in [0.1, 0.15) is 5.82 Å². The molecule has 1 aromatic heterocycles. The standard InChI is InChI=1S/C31H35FN2O4/c1-5-24(35)17-34-18-27(30(37)29(36)19(2)3)26-16-25(20(4)14-28(26)34)31(38)33-12-10-22(11-13-33)15-21-6-8-23(32)9-7-21/h6-9,14,16,18-19,22H,5,10-13,15,17H2,1-4H3. The predicted octanol–water partition coefficient (Wildman–Crippen LogP) is 5.57. The topological polar surface area (TPSA) is 76.5 Å². The molecule has 0 unspecified atom stereocenters. The van der Waals surface area contributed by atoms with Gasteiger partial charge in [0.25, 0.3) is 5.91 Å². The number of aromatic nitrogens is 1. The molecule has 1 fully saturated rings. The summed E-state index contributed by atoms with van der Waals surface area (Å²) in [6.07, 6.45) is 4.50. The minimum absolute atomic E-state index is 0.0115. The number of likely N-dealkylation sites (tertiary alicyclic amines) is 1. The summed E-state index contributed by atoms with van der Waals surface area (Å²) in [7, 11) is 0. The fourth-order valence-electron chi connectivity index (χ4n) is 5.14. The zero-order valence-electron chi connectivity index (χ0n) is 22.6. The maximum atomic E-state index is 13.6. The zero-order valence-corrected chi connectivity index (χ0v) is 22.6. The number of amides is 1. The lowest BCUT2D eigenvalue weighted by Gasteiger charge is -2.32. The molecule has 0 N–H and O–H groups in total. The summed E-state index contributed by atoms with van der Waals surface area (Å²) in [5.41, 5.74) is 3.25. The molecule has 0 saturated carbocycles. The number of aryl methyl sites for hydroxylation is 1. The minimum Gasteiger partial charge on any atom is -0.339 e. The summed E-state index contributed by atoms with van der Waals surface area (Å²) < 4.78 is 14.9. The number of fused-ring (bicyclic) bond motifs is 1. The molecule has 38 heavy (non-hydrogen) atoms. The second-order valence-electron chi connectivity index (χ2n) is 10.7. The van der Waals surface area contributed by atoms with Gasteiger partial charge in [-0.05, 0) is 67.5 Å². The molecule has 1 aliphatic rings. The van der Waals surface area contributed by atoms with Crippen LogP contribution in [0.15, 0.2) is 42.6 Å². The van der Waals surface area contributed by atoms with Crippen LogP contribution in [0, 0.1) is 24.6 Å². The van der Waals surface area contributed by atoms with Crippen LogP contribution in [-0.2, 0) is 22.6 Å². The number of ketones is 3. The number of carbonyl (C=O) groups is 4. The van der Waals surface area contributed by atoms with Crippen molar-refractivity contribution in [3.05, 3.63) is 70.7 Å². The van der Waals surface area contributed by atoms with Gasteiger partial charge in [0.05, 0.1) is 12.1 Å². The summed E-state index contributed by atoms with van der Waals surface area (Å²) in [6.45, 7) is 8.33. The molecule has 6 nitrogen and oxygen atoms in total. The number of hydrogen-bond acceptors (Lipinski definition) is 4. The van der Waals surface area contributed by atoms with Gasteiger partial charge in [-0.1, -0.05) is 32.9 Å². The molecule has 4 rings (SSSR count). The molecule has 1 aliphatic heterocycles. The van der Waals surface area contributed by atoms with Crippen LogP contribution in [0.3, 0.4) is 0 Å². The lowest BCUT2D eigenvalue weighted by Crippen LogP contribution is -2.39. The average Bonchev–Trinajstić information content (AvgIpc) is 3.25. The Balaban J connectivity index is 1.59. The monoisotopic (exact) mass is 518 g/mol. The zero-order chi connectivity index (χ0) is 27.6. The lowest BCUT2D eigenvalue weighted by atomic mass is 9.89. The molecule has 2 aromatic carbocycles. The quantitative estimate of drug-likeness (QED) is 0.274. The van der Waals surface area contributed by atoms with E-state index in [2.05, 4.69) is 0 Å². The van der Waals surface area contributed by atoms with E-state index in [1.54, 1.807) is 37.6 Å². The summed E-state index contributed by atoms with van der Waals surface area (Å²) >= 11 is 0. The SMILES string of the molecule is CCC(=O)Cn1cc(C(=O)C(=O)C(C)C)c2cc(C(=O)N3CCC(Cc4ccc(F)cc4)CC3)c(C)cc21. The molecule has 200 valence electrons. The minimum atomic E-state index is -0.600. The molecule has 2 heterocycles. The van der Waals surface area contributed by atoms with Gasteiger partial charge in [-0.15, -0.1) is 0 Å². The average molecular weight is 519 g/mol. The normalized spacial score (nSPS) is 14.3. The Morgan fingerprint density at radius 2 is 1.66 bits per heavy atom. The van der Waals surface area contributed by atoms with Crippen molar-refractivity contribution < 1.29 is 23.6 Å². The molecule has 7 heteroatoms. The number of nitrogens with zero attached hydrogens (tertiary/aromatic N) is 2. The molecule has 0 atom stereocenters. The van der Waals surface area contributed by atoms with Gasteiger partial charge in [-0.25, -0.2) is 4.39 Å². The van der Waals surface area contributed by atoms with Crippen molar-refractivity contribution in [2.24, 2.45) is 11.8 Å². The smallest absolute Gasteiger partial charge is 0.254 e. The van der Waals surface area contributed by atoms with Crippen molar-refractivity contribution in [2.45, 2.75) is 59.9 Å². The van der Waals surface area contributed by atoms with Crippen LogP contribution in [0.2, 0.25) is 0 Å². The number of halogens is 1. The van der Waals surface area contributed by atoms with Crippen molar-refractivity contribution >= 4 is 34.2 Å². The van der Waals surface area contributed by atoms with Gasteiger partial charge in [0.2, 0.25) is 11.6 Å². The first-order valence-electron chi connectivity index (χ1n) is 13.4. The third-order valence-electron chi connectivity index (χ3n) is 7.53. The number of benzene rings is 2. The Morgan fingerprint density at radius 1 is 1.00 bits per heavy atom. The van der Waals surface area contributed by atoms with E-state index < -0.39 is 17.5 Å². The fourth-order valence-corrected chi connectivity index (χ4v) is 5.14. The Hall–Kier alpha value is -3.61. The van der Waals surface area contributed by atoms with Crippen LogP contribution >= 0.6 is 0 Å². The van der Waals surface area contributed by atoms with E-state index in [-0.39, 0.29) is 29.6 Å². The van der Waals surface area contributed by atoms with Crippen molar-refractivity contribution in [3.8, 4) is 0 Å². The molecular weight excluding hydrogens is 483 g/mol. The van der Waals surface area contributed by atoms with Crippen molar-refractivity contribution in [1.29, 1.82) is 0 Å². The second-order valence-corrected chi connectivity index (χ2v) is 10.7. The first-order valence-corrected chi connectivity index (χ1v) is 13.4. The second kappa shape index (κ2) is 11.4. The first kappa shape index (κ1) is 27.4. The predicted molar refractivity (Wildman–Crippen MR) is 145 cm³/mol. The molecule has 0 radical (unpaired) electrons. The largest absolute Gasteiger partial charge is 0.339 e. The third-order valence-corrected chi connectivity index (χ3v) is 7.53. The van der Waals surface area contributed by atoms with E-state index in [9.17, 15) is 23.6 Å².